The number of nitrogens with one attached hydrogen (secondary N) is 1. The minimum absolute atomic E-state index is 0.0840. The van der Waals surface area contributed by atoms with E-state index in [9.17, 15) is 10.1 Å². The molecule has 2 fully saturated rings. The van der Waals surface area contributed by atoms with Gasteiger partial charge in [-0.2, -0.15) is 5.26 Å². The zero-order valence-electron chi connectivity index (χ0n) is 15.2. The van der Waals surface area contributed by atoms with Crippen LogP contribution in [0.3, 0.4) is 0 Å². The SMILES string of the molecule is C#C[C@H]1CC[C@@H](C#N)N1C(=O)CN[C@H]1CC[C@H](Oc2cccc(Cl)c2)CC1. The summed E-state index contributed by atoms with van der Waals surface area (Å²) in [5.41, 5.74) is 0. The predicted molar refractivity (Wildman–Crippen MR) is 104 cm³/mol. The Morgan fingerprint density at radius 2 is 2.00 bits per heavy atom. The molecule has 1 aromatic carbocycles. The van der Waals surface area contributed by atoms with Crippen LogP contribution >= 0.6 is 11.6 Å². The zero-order chi connectivity index (χ0) is 19.2. The number of terminal acetylenes is 1. The number of likely N-dealkylation sites (tertiary alicyclic amines) is 1. The first kappa shape index (κ1) is 19.5. The Labute approximate surface area is 165 Å². The number of nitrogens with zero attached hydrogens (tertiary/aromatic N) is 2. The summed E-state index contributed by atoms with van der Waals surface area (Å²) in [5.74, 6) is 3.34. The van der Waals surface area contributed by atoms with Crippen LogP contribution in [0.15, 0.2) is 24.3 Å². The quantitative estimate of drug-likeness (QED) is 0.791. The minimum Gasteiger partial charge on any atom is -0.490 e. The lowest BCUT2D eigenvalue weighted by Gasteiger charge is -2.30. The van der Waals surface area contributed by atoms with E-state index in [1.54, 1.807) is 4.90 Å². The van der Waals surface area contributed by atoms with Crippen molar-refractivity contribution in [2.24, 2.45) is 0 Å². The lowest BCUT2D eigenvalue weighted by molar-refractivity contribution is -0.131. The summed E-state index contributed by atoms with van der Waals surface area (Å²) in [4.78, 5) is 14.1. The fraction of sp³-hybridized carbons (Fsp3) is 0.524. The molecule has 1 aliphatic heterocycles. The van der Waals surface area contributed by atoms with Crippen molar-refractivity contribution in [3.8, 4) is 24.2 Å². The number of benzene rings is 1. The van der Waals surface area contributed by atoms with Crippen LogP contribution in [0.4, 0.5) is 0 Å². The highest BCUT2D eigenvalue weighted by Crippen LogP contribution is 2.26. The number of carbonyl (C=O) groups excluding carboxylic acids is 1. The van der Waals surface area contributed by atoms with Crippen LogP contribution in [-0.4, -0.2) is 41.6 Å². The van der Waals surface area contributed by atoms with Gasteiger partial charge >= 0.3 is 0 Å². The van der Waals surface area contributed by atoms with Crippen molar-refractivity contribution in [2.45, 2.75) is 62.8 Å². The summed E-state index contributed by atoms with van der Waals surface area (Å²) in [6.45, 7) is 0.223. The van der Waals surface area contributed by atoms with Crippen LogP contribution in [0.5, 0.6) is 5.75 Å². The summed E-state index contributed by atoms with van der Waals surface area (Å²) in [5, 5.41) is 13.2. The maximum absolute atomic E-state index is 12.5. The Morgan fingerprint density at radius 3 is 2.67 bits per heavy atom. The lowest BCUT2D eigenvalue weighted by Crippen LogP contribution is -2.47. The zero-order valence-corrected chi connectivity index (χ0v) is 16.0. The second-order valence-electron chi connectivity index (χ2n) is 7.14. The van der Waals surface area contributed by atoms with E-state index >= 15 is 0 Å². The Balaban J connectivity index is 1.43. The highest BCUT2D eigenvalue weighted by molar-refractivity contribution is 6.30. The van der Waals surface area contributed by atoms with E-state index < -0.39 is 6.04 Å². The van der Waals surface area contributed by atoms with Gasteiger partial charge in [0.1, 0.15) is 11.8 Å². The summed E-state index contributed by atoms with van der Waals surface area (Å²) in [7, 11) is 0. The Morgan fingerprint density at radius 1 is 1.26 bits per heavy atom. The van der Waals surface area contributed by atoms with Gasteiger partial charge in [-0.15, -0.1) is 6.42 Å². The first-order valence-electron chi connectivity index (χ1n) is 9.43. The molecule has 1 N–H and O–H groups in total. The first-order chi connectivity index (χ1) is 13.1. The molecule has 142 valence electrons. The van der Waals surface area contributed by atoms with E-state index in [0.29, 0.717) is 17.9 Å². The van der Waals surface area contributed by atoms with Gasteiger partial charge in [-0.3, -0.25) is 4.79 Å². The van der Waals surface area contributed by atoms with E-state index in [-0.39, 0.29) is 30.6 Å². The molecular weight excluding hydrogens is 362 g/mol. The van der Waals surface area contributed by atoms with Crippen LogP contribution in [0.2, 0.25) is 5.02 Å². The maximum atomic E-state index is 12.5. The molecule has 5 nitrogen and oxygen atoms in total. The number of nitriles is 1. The molecule has 0 bridgehead atoms. The van der Waals surface area contributed by atoms with Gasteiger partial charge in [0.25, 0.3) is 0 Å². The van der Waals surface area contributed by atoms with Crippen molar-refractivity contribution < 1.29 is 9.53 Å². The normalized spacial score (nSPS) is 27.6. The number of carbonyl (C=O) groups is 1. The average Bonchev–Trinajstić information content (AvgIpc) is 3.10. The van der Waals surface area contributed by atoms with Gasteiger partial charge in [0, 0.05) is 11.1 Å². The highest BCUT2D eigenvalue weighted by Gasteiger charge is 2.36. The van der Waals surface area contributed by atoms with Crippen molar-refractivity contribution >= 4 is 17.5 Å². The predicted octanol–water partition coefficient (Wildman–Crippen LogP) is 3.14. The third-order valence-electron chi connectivity index (χ3n) is 5.33. The van der Waals surface area contributed by atoms with E-state index in [0.717, 1.165) is 31.4 Å². The molecule has 2 atom stereocenters. The van der Waals surface area contributed by atoms with Crippen LogP contribution in [0, 0.1) is 23.7 Å². The number of rotatable bonds is 5. The topological polar surface area (TPSA) is 65.4 Å². The van der Waals surface area contributed by atoms with Crippen molar-refractivity contribution in [2.75, 3.05) is 6.54 Å². The van der Waals surface area contributed by atoms with E-state index in [1.165, 1.54) is 0 Å². The van der Waals surface area contributed by atoms with Gasteiger partial charge in [-0.25, -0.2) is 0 Å². The largest absolute Gasteiger partial charge is 0.490 e. The molecule has 3 rings (SSSR count). The molecule has 0 spiro atoms. The lowest BCUT2D eigenvalue weighted by atomic mass is 9.93. The van der Waals surface area contributed by atoms with Crippen LogP contribution in [0.1, 0.15) is 38.5 Å². The monoisotopic (exact) mass is 385 g/mol. The van der Waals surface area contributed by atoms with E-state index in [4.69, 9.17) is 22.8 Å². The molecule has 1 saturated carbocycles. The summed E-state index contributed by atoms with van der Waals surface area (Å²) >= 11 is 5.99. The van der Waals surface area contributed by atoms with E-state index in [1.807, 2.05) is 24.3 Å². The van der Waals surface area contributed by atoms with Gasteiger partial charge < -0.3 is 15.0 Å². The summed E-state index contributed by atoms with van der Waals surface area (Å²) in [6.07, 6.45) is 10.8. The standard InChI is InChI=1S/C21H24ClN3O2/c1-2-17-8-9-18(13-23)25(17)21(26)14-24-16-6-10-19(11-7-16)27-20-5-3-4-15(22)12-20/h1,3-5,12,16-19,24H,6-11,14H2/t16-,17-,18-,19-/m0/s1. The molecule has 1 aliphatic carbocycles. The molecule has 2 aliphatic rings. The minimum atomic E-state index is -0.401. The van der Waals surface area contributed by atoms with Gasteiger partial charge in [0.2, 0.25) is 5.91 Å². The second kappa shape index (κ2) is 9.13. The molecule has 0 radical (unpaired) electrons. The number of hydrogen-bond donors (Lipinski definition) is 1. The Hall–Kier alpha value is -2.21. The molecule has 0 unspecified atom stereocenters. The fourth-order valence-electron chi connectivity index (χ4n) is 3.89. The molecule has 0 aromatic heterocycles. The first-order valence-corrected chi connectivity index (χ1v) is 9.81. The molecule has 27 heavy (non-hydrogen) atoms. The van der Waals surface area contributed by atoms with Crippen molar-refractivity contribution in [1.82, 2.24) is 10.2 Å². The average molecular weight is 386 g/mol. The van der Waals surface area contributed by atoms with Crippen LogP contribution in [-0.2, 0) is 4.79 Å². The highest BCUT2D eigenvalue weighted by atomic mass is 35.5. The van der Waals surface area contributed by atoms with Gasteiger partial charge in [0.05, 0.1) is 24.8 Å². The summed E-state index contributed by atoms with van der Waals surface area (Å²) in [6, 6.07) is 9.26. The van der Waals surface area contributed by atoms with E-state index in [2.05, 4.69) is 17.3 Å². The number of amides is 1. The van der Waals surface area contributed by atoms with Crippen molar-refractivity contribution in [3.05, 3.63) is 29.3 Å². The van der Waals surface area contributed by atoms with Gasteiger partial charge in [-0.1, -0.05) is 23.6 Å². The van der Waals surface area contributed by atoms with Gasteiger partial charge in [0.15, 0.2) is 0 Å². The molecule has 1 aromatic rings. The van der Waals surface area contributed by atoms with Crippen LogP contribution < -0.4 is 10.1 Å². The van der Waals surface area contributed by atoms with Crippen molar-refractivity contribution in [3.63, 3.8) is 0 Å². The number of halogens is 1. The molecule has 6 heteroatoms. The number of ether oxygens (including phenoxy) is 1. The van der Waals surface area contributed by atoms with Crippen molar-refractivity contribution in [1.29, 1.82) is 5.26 Å². The molecule has 1 saturated heterocycles. The third kappa shape index (κ3) is 4.95. The maximum Gasteiger partial charge on any atom is 0.238 e. The molecular formula is C21H24ClN3O2. The number of hydrogen-bond acceptors (Lipinski definition) is 4. The molecule has 1 heterocycles. The Bertz CT molecular complexity index is 725. The summed E-state index contributed by atoms with van der Waals surface area (Å²) < 4.78 is 6.00. The van der Waals surface area contributed by atoms with Crippen LogP contribution in [0.25, 0.3) is 0 Å². The third-order valence-corrected chi connectivity index (χ3v) is 5.56. The fourth-order valence-corrected chi connectivity index (χ4v) is 4.07. The second-order valence-corrected chi connectivity index (χ2v) is 7.57. The molecule has 1 amide bonds. The Kier molecular flexibility index (Phi) is 6.61. The van der Waals surface area contributed by atoms with Gasteiger partial charge in [-0.05, 0) is 56.7 Å². The smallest absolute Gasteiger partial charge is 0.238 e.